The van der Waals surface area contributed by atoms with Crippen molar-refractivity contribution in [3.63, 3.8) is 0 Å². The predicted molar refractivity (Wildman–Crippen MR) is 43.0 cm³/mol. The van der Waals surface area contributed by atoms with E-state index in [9.17, 15) is 13.6 Å². The Morgan fingerprint density at radius 1 is 1.62 bits per heavy atom. The summed E-state index contributed by atoms with van der Waals surface area (Å²) in [6.45, 7) is -0.671. The molecule has 0 aliphatic rings. The van der Waals surface area contributed by atoms with Crippen LogP contribution >= 0.6 is 11.6 Å². The van der Waals surface area contributed by atoms with Crippen molar-refractivity contribution in [1.82, 2.24) is 4.98 Å². The van der Waals surface area contributed by atoms with Crippen molar-refractivity contribution in [1.29, 1.82) is 0 Å². The summed E-state index contributed by atoms with van der Waals surface area (Å²) in [6.07, 6.45) is -2.91. The fraction of sp³-hybridized carbons (Fsp3) is 0.286. The smallest absolute Gasteiger partial charge is 0.269 e. The first-order valence-corrected chi connectivity index (χ1v) is 3.74. The van der Waals surface area contributed by atoms with E-state index in [-0.39, 0.29) is 10.8 Å². The largest absolute Gasteiger partial charge is 0.390 e. The number of alkyl halides is 2. The summed E-state index contributed by atoms with van der Waals surface area (Å²) < 4.78 is 24.5. The third-order valence-electron chi connectivity index (χ3n) is 1.50. The first-order valence-electron chi connectivity index (χ1n) is 3.37. The Balaban J connectivity index is 3.39. The summed E-state index contributed by atoms with van der Waals surface area (Å²) >= 11 is 5.39. The average Bonchev–Trinajstić information content (AvgIpc) is 2.01. The van der Waals surface area contributed by atoms with Crippen LogP contribution in [0.1, 0.15) is 17.7 Å². The number of aliphatic hydroxyl groups is 1. The second-order valence-corrected chi connectivity index (χ2v) is 2.74. The Bertz CT molecular complexity index is 364. The van der Waals surface area contributed by atoms with Crippen LogP contribution in [0.4, 0.5) is 8.78 Å². The molecule has 0 fully saturated rings. The first kappa shape index (κ1) is 10.1. The number of aromatic nitrogens is 1. The molecule has 1 heterocycles. The Morgan fingerprint density at radius 3 is 2.69 bits per heavy atom. The van der Waals surface area contributed by atoms with Gasteiger partial charge in [0.25, 0.3) is 6.43 Å². The molecule has 1 rings (SSSR count). The molecule has 0 amide bonds. The topological polar surface area (TPSA) is 53.1 Å². The molecule has 0 atom stereocenters. The van der Waals surface area contributed by atoms with E-state index >= 15 is 0 Å². The summed E-state index contributed by atoms with van der Waals surface area (Å²) in [4.78, 5) is 13.2. The monoisotopic (exact) mass is 209 g/mol. The van der Waals surface area contributed by atoms with Gasteiger partial charge in [-0.15, -0.1) is 0 Å². The maximum atomic E-state index is 12.2. The Kier molecular flexibility index (Phi) is 3.00. The van der Waals surface area contributed by atoms with E-state index in [1.54, 1.807) is 0 Å². The summed E-state index contributed by atoms with van der Waals surface area (Å²) in [5.41, 5.74) is -1.85. The zero-order valence-electron chi connectivity index (χ0n) is 6.35. The van der Waals surface area contributed by atoms with Crippen molar-refractivity contribution < 1.29 is 13.9 Å². The van der Waals surface area contributed by atoms with Crippen LogP contribution in [0.25, 0.3) is 0 Å². The molecule has 0 saturated carbocycles. The molecule has 0 saturated heterocycles. The summed E-state index contributed by atoms with van der Waals surface area (Å²) in [6, 6.07) is 0.849. The van der Waals surface area contributed by atoms with Crippen LogP contribution in [0.5, 0.6) is 0 Å². The van der Waals surface area contributed by atoms with Crippen LogP contribution in [0.2, 0.25) is 5.15 Å². The van der Waals surface area contributed by atoms with E-state index in [4.69, 9.17) is 16.7 Å². The van der Waals surface area contributed by atoms with Crippen molar-refractivity contribution in [3.05, 3.63) is 32.7 Å². The number of nitrogens with one attached hydrogen (secondary N) is 1. The lowest BCUT2D eigenvalue weighted by Gasteiger charge is -2.05. The summed E-state index contributed by atoms with van der Waals surface area (Å²) in [5, 5.41) is 8.58. The fourth-order valence-electron chi connectivity index (χ4n) is 0.953. The van der Waals surface area contributed by atoms with Gasteiger partial charge in [-0.05, 0) is 0 Å². The van der Waals surface area contributed by atoms with E-state index in [0.717, 1.165) is 6.07 Å². The molecule has 0 radical (unpaired) electrons. The maximum Gasteiger partial charge on any atom is 0.269 e. The van der Waals surface area contributed by atoms with Gasteiger partial charge in [-0.2, -0.15) is 0 Å². The van der Waals surface area contributed by atoms with Gasteiger partial charge in [0, 0.05) is 6.07 Å². The number of aromatic amines is 1. The number of H-pyrrole nitrogens is 1. The molecule has 3 nitrogen and oxygen atoms in total. The second-order valence-electron chi connectivity index (χ2n) is 2.33. The predicted octanol–water partition coefficient (Wildman–Crippen LogP) is 1.46. The van der Waals surface area contributed by atoms with Gasteiger partial charge in [0.15, 0.2) is 5.43 Å². The van der Waals surface area contributed by atoms with Gasteiger partial charge in [-0.25, -0.2) is 8.78 Å². The van der Waals surface area contributed by atoms with Crippen molar-refractivity contribution in [2.24, 2.45) is 0 Å². The number of halogens is 3. The Hall–Kier alpha value is -0.940. The summed E-state index contributed by atoms with van der Waals surface area (Å²) in [5.74, 6) is 0. The molecule has 0 aliphatic heterocycles. The maximum absolute atomic E-state index is 12.2. The van der Waals surface area contributed by atoms with Crippen molar-refractivity contribution in [3.8, 4) is 0 Å². The third kappa shape index (κ3) is 2.05. The van der Waals surface area contributed by atoms with E-state index in [1.165, 1.54) is 0 Å². The van der Waals surface area contributed by atoms with E-state index in [1.807, 2.05) is 0 Å². The molecule has 1 aromatic heterocycles. The lowest BCUT2D eigenvalue weighted by molar-refractivity contribution is 0.145. The minimum Gasteiger partial charge on any atom is -0.390 e. The van der Waals surface area contributed by atoms with E-state index < -0.39 is 24.0 Å². The minimum atomic E-state index is -2.91. The molecule has 0 bridgehead atoms. The molecule has 1 aromatic rings. The number of rotatable bonds is 2. The van der Waals surface area contributed by atoms with Gasteiger partial charge in [0.05, 0.1) is 17.9 Å². The zero-order chi connectivity index (χ0) is 10.0. The van der Waals surface area contributed by atoms with Gasteiger partial charge in [-0.3, -0.25) is 4.79 Å². The molecule has 72 valence electrons. The van der Waals surface area contributed by atoms with Crippen LogP contribution in [-0.2, 0) is 6.61 Å². The molecule has 6 heteroatoms. The summed E-state index contributed by atoms with van der Waals surface area (Å²) in [7, 11) is 0. The quantitative estimate of drug-likeness (QED) is 0.725. The van der Waals surface area contributed by atoms with Gasteiger partial charge in [-0.1, -0.05) is 11.6 Å². The lowest BCUT2D eigenvalue weighted by Crippen LogP contribution is -2.14. The molecule has 0 aliphatic carbocycles. The molecular weight excluding hydrogens is 204 g/mol. The average molecular weight is 210 g/mol. The third-order valence-corrected chi connectivity index (χ3v) is 1.70. The molecule has 0 spiro atoms. The second kappa shape index (κ2) is 3.85. The molecular formula is C7H6ClF2NO2. The van der Waals surface area contributed by atoms with Crippen LogP contribution in [0.15, 0.2) is 10.9 Å². The van der Waals surface area contributed by atoms with Crippen molar-refractivity contribution in [2.75, 3.05) is 0 Å². The molecule has 0 aromatic carbocycles. The van der Waals surface area contributed by atoms with Crippen LogP contribution < -0.4 is 5.43 Å². The lowest BCUT2D eigenvalue weighted by atomic mass is 10.2. The highest BCUT2D eigenvalue weighted by Gasteiger charge is 2.17. The number of pyridine rings is 1. The highest BCUT2D eigenvalue weighted by atomic mass is 35.5. The first-order chi connectivity index (χ1) is 6.06. The van der Waals surface area contributed by atoms with Crippen LogP contribution in [-0.4, -0.2) is 10.1 Å². The minimum absolute atomic E-state index is 0.0709. The van der Waals surface area contributed by atoms with Gasteiger partial charge in [0.2, 0.25) is 0 Å². The highest BCUT2D eigenvalue weighted by Crippen LogP contribution is 2.19. The highest BCUT2D eigenvalue weighted by molar-refractivity contribution is 6.29. The van der Waals surface area contributed by atoms with Crippen molar-refractivity contribution >= 4 is 11.6 Å². The van der Waals surface area contributed by atoms with E-state index in [0.29, 0.717) is 0 Å². The fourth-order valence-corrected chi connectivity index (χ4v) is 1.17. The SMILES string of the molecule is O=c1cc(Cl)[nH]c(CO)c1C(F)F. The van der Waals surface area contributed by atoms with Crippen molar-refractivity contribution in [2.45, 2.75) is 13.0 Å². The van der Waals surface area contributed by atoms with Gasteiger partial charge in [0.1, 0.15) is 5.15 Å². The van der Waals surface area contributed by atoms with E-state index in [2.05, 4.69) is 4.98 Å². The molecule has 0 unspecified atom stereocenters. The van der Waals surface area contributed by atoms with Gasteiger partial charge >= 0.3 is 0 Å². The molecule has 13 heavy (non-hydrogen) atoms. The van der Waals surface area contributed by atoms with Gasteiger partial charge < -0.3 is 10.1 Å². The Morgan fingerprint density at radius 2 is 2.23 bits per heavy atom. The van der Waals surface area contributed by atoms with Crippen LogP contribution in [0.3, 0.4) is 0 Å². The normalized spacial score (nSPS) is 10.8. The number of hydrogen-bond acceptors (Lipinski definition) is 2. The van der Waals surface area contributed by atoms with Crippen LogP contribution in [0, 0.1) is 0 Å². The number of aliphatic hydroxyl groups excluding tert-OH is 1. The number of hydrogen-bond donors (Lipinski definition) is 2. The zero-order valence-corrected chi connectivity index (χ0v) is 7.11. The molecule has 2 N–H and O–H groups in total. The Labute approximate surface area is 77.0 Å². The standard InChI is InChI=1S/C7H6ClF2NO2/c8-5-1-4(13)6(7(9)10)3(2-12)11-5/h1,7,12H,2H2,(H,11,13).